The van der Waals surface area contributed by atoms with Crippen molar-refractivity contribution in [3.8, 4) is 11.5 Å². The summed E-state index contributed by atoms with van der Waals surface area (Å²) in [5.74, 6) is -0.539. The van der Waals surface area contributed by atoms with Crippen molar-refractivity contribution in [3.63, 3.8) is 0 Å². The minimum absolute atomic E-state index is 0.412. The van der Waals surface area contributed by atoms with Crippen LogP contribution in [0.3, 0.4) is 0 Å². The van der Waals surface area contributed by atoms with Crippen LogP contribution in [-0.4, -0.2) is 54.2 Å². The number of rotatable bonds is 7. The number of amides is 4. The average molecular weight is 537 g/mol. The maximum absolute atomic E-state index is 13.6. The van der Waals surface area contributed by atoms with Crippen molar-refractivity contribution in [2.24, 2.45) is 5.10 Å². The number of methoxy groups -OCH3 is 2. The predicted octanol–water partition coefficient (Wildman–Crippen LogP) is 4.05. The summed E-state index contributed by atoms with van der Waals surface area (Å²) in [6, 6.07) is 13.3. The Kier molecular flexibility index (Phi) is 6.62. The number of imide groups is 1. The zero-order valence-electron chi connectivity index (χ0n) is 20.9. The van der Waals surface area contributed by atoms with E-state index in [0.717, 1.165) is 21.1 Å². The fraction of sp³-hybridized carbons (Fsp3) is 0.259. The third kappa shape index (κ3) is 4.38. The molecule has 1 fully saturated rings. The largest absolute Gasteiger partial charge is 0.493 e. The van der Waals surface area contributed by atoms with Crippen LogP contribution in [0.5, 0.6) is 11.5 Å². The summed E-state index contributed by atoms with van der Waals surface area (Å²) in [5, 5.41) is 10.5. The van der Waals surface area contributed by atoms with Crippen LogP contribution in [-0.2, 0) is 15.1 Å². The number of ether oxygens (including phenoxy) is 2. The lowest BCUT2D eigenvalue weighted by Gasteiger charge is -2.25. The number of hydrogen-bond acceptors (Lipinski definition) is 7. The quantitative estimate of drug-likeness (QED) is 0.460. The van der Waals surface area contributed by atoms with E-state index >= 15 is 0 Å². The Morgan fingerprint density at radius 1 is 1.13 bits per heavy atom. The Bertz CT molecular complexity index is 1430. The molecule has 0 saturated carbocycles. The fourth-order valence-corrected chi connectivity index (χ4v) is 5.40. The summed E-state index contributed by atoms with van der Waals surface area (Å²) in [7, 11) is 3.07. The van der Waals surface area contributed by atoms with Crippen LogP contribution in [0.1, 0.15) is 35.4 Å². The molecule has 0 aliphatic carbocycles. The van der Waals surface area contributed by atoms with Crippen LogP contribution in [0, 0.1) is 5.82 Å². The zero-order valence-corrected chi connectivity index (χ0v) is 21.8. The van der Waals surface area contributed by atoms with E-state index in [0.29, 0.717) is 23.5 Å². The van der Waals surface area contributed by atoms with Gasteiger partial charge < -0.3 is 14.8 Å². The number of hydrazone groups is 1. The second kappa shape index (κ2) is 9.90. The van der Waals surface area contributed by atoms with Crippen LogP contribution in [0.4, 0.5) is 9.18 Å². The molecular formula is C27H25FN4O5S. The van der Waals surface area contributed by atoms with Crippen molar-refractivity contribution in [3.05, 3.63) is 81.8 Å². The first kappa shape index (κ1) is 25.4. The number of nitrogens with zero attached hydrogens (tertiary/aromatic N) is 3. The van der Waals surface area contributed by atoms with Gasteiger partial charge in [0.15, 0.2) is 11.5 Å². The number of hydrogen-bond donors (Lipinski definition) is 1. The molecule has 1 saturated heterocycles. The molecule has 0 unspecified atom stereocenters. The molecule has 2 aromatic carbocycles. The number of thiophene rings is 1. The molecule has 2 aliphatic heterocycles. The number of halogens is 1. The van der Waals surface area contributed by atoms with Gasteiger partial charge in [0.25, 0.3) is 11.8 Å². The molecule has 196 valence electrons. The molecule has 11 heteroatoms. The number of carbonyl (C=O) groups is 3. The summed E-state index contributed by atoms with van der Waals surface area (Å²) < 4.78 is 24.2. The molecule has 0 bridgehead atoms. The topological polar surface area (TPSA) is 101 Å². The summed E-state index contributed by atoms with van der Waals surface area (Å²) in [5.41, 5.74) is 0.472. The first-order valence-corrected chi connectivity index (χ1v) is 12.7. The van der Waals surface area contributed by atoms with Gasteiger partial charge in [0.2, 0.25) is 0 Å². The Morgan fingerprint density at radius 3 is 2.53 bits per heavy atom. The normalized spacial score (nSPS) is 20.9. The molecule has 4 amide bonds. The molecule has 38 heavy (non-hydrogen) atoms. The summed E-state index contributed by atoms with van der Waals surface area (Å²) in [6.45, 7) is 1.02. The average Bonchev–Trinajstić information content (AvgIpc) is 3.65. The molecule has 9 nitrogen and oxygen atoms in total. The second-order valence-electron chi connectivity index (χ2n) is 9.05. The van der Waals surface area contributed by atoms with Gasteiger partial charge in [0, 0.05) is 6.42 Å². The van der Waals surface area contributed by atoms with Gasteiger partial charge in [-0.15, -0.1) is 11.3 Å². The van der Waals surface area contributed by atoms with Crippen LogP contribution in [0.15, 0.2) is 65.1 Å². The second-order valence-corrected chi connectivity index (χ2v) is 10.00. The molecule has 3 heterocycles. The van der Waals surface area contributed by atoms with Crippen molar-refractivity contribution in [2.45, 2.75) is 24.9 Å². The van der Waals surface area contributed by atoms with E-state index < -0.39 is 41.8 Å². The molecule has 2 aliphatic rings. The van der Waals surface area contributed by atoms with Crippen LogP contribution < -0.4 is 14.8 Å². The highest BCUT2D eigenvalue weighted by Crippen LogP contribution is 2.38. The molecular weight excluding hydrogens is 511 g/mol. The molecule has 0 spiro atoms. The van der Waals surface area contributed by atoms with E-state index in [1.54, 1.807) is 19.2 Å². The van der Waals surface area contributed by atoms with E-state index in [1.165, 1.54) is 54.6 Å². The maximum atomic E-state index is 13.6. The number of nitrogens with one attached hydrogen (secondary N) is 1. The van der Waals surface area contributed by atoms with Crippen LogP contribution in [0.25, 0.3) is 0 Å². The lowest BCUT2D eigenvalue weighted by Crippen LogP contribution is -2.43. The minimum Gasteiger partial charge on any atom is -0.493 e. The highest BCUT2D eigenvalue weighted by atomic mass is 32.1. The number of urea groups is 1. The molecule has 2 atom stereocenters. The summed E-state index contributed by atoms with van der Waals surface area (Å²) in [6.07, 6.45) is 0.440. The van der Waals surface area contributed by atoms with Crippen LogP contribution in [0.2, 0.25) is 0 Å². The van der Waals surface area contributed by atoms with Gasteiger partial charge in [-0.25, -0.2) is 14.2 Å². The van der Waals surface area contributed by atoms with E-state index in [4.69, 9.17) is 9.47 Å². The van der Waals surface area contributed by atoms with Gasteiger partial charge in [-0.1, -0.05) is 24.3 Å². The van der Waals surface area contributed by atoms with Gasteiger partial charge in [0.1, 0.15) is 17.9 Å². The van der Waals surface area contributed by atoms with Crippen molar-refractivity contribution < 1.29 is 28.2 Å². The molecule has 5 rings (SSSR count). The van der Waals surface area contributed by atoms with Crippen molar-refractivity contribution in [1.29, 1.82) is 0 Å². The van der Waals surface area contributed by atoms with Crippen molar-refractivity contribution >= 4 is 34.9 Å². The van der Waals surface area contributed by atoms with Gasteiger partial charge >= 0.3 is 6.03 Å². The minimum atomic E-state index is -1.43. The Morgan fingerprint density at radius 2 is 1.87 bits per heavy atom. The van der Waals surface area contributed by atoms with E-state index in [1.807, 2.05) is 23.6 Å². The molecule has 1 aromatic heterocycles. The first-order chi connectivity index (χ1) is 18.2. The highest BCUT2D eigenvalue weighted by Gasteiger charge is 2.50. The Hall–Kier alpha value is -4.25. The highest BCUT2D eigenvalue weighted by molar-refractivity contribution is 7.12. The first-order valence-electron chi connectivity index (χ1n) is 11.8. The lowest BCUT2D eigenvalue weighted by atomic mass is 9.92. The van der Waals surface area contributed by atoms with Gasteiger partial charge in [-0.2, -0.15) is 5.10 Å². The van der Waals surface area contributed by atoms with Gasteiger partial charge in [0.05, 0.1) is 30.9 Å². The Labute approximate surface area is 222 Å². The van der Waals surface area contributed by atoms with E-state index in [2.05, 4.69) is 10.4 Å². The van der Waals surface area contributed by atoms with E-state index in [9.17, 15) is 18.8 Å². The molecule has 3 aromatic rings. The summed E-state index contributed by atoms with van der Waals surface area (Å²) in [4.78, 5) is 41.6. The summed E-state index contributed by atoms with van der Waals surface area (Å²) >= 11 is 1.51. The smallest absolute Gasteiger partial charge is 0.325 e. The standard InChI is InChI=1S/C27H25FN4O5S/c1-27(17-7-9-18(28)10-8-17)25(34)31(26(35)29-27)15-24(33)32-20(14-19(30-32)23-5-4-12-38-23)16-6-11-21(36-2)22(13-16)37-3/h4-13,20H,14-15H2,1-3H3,(H,29,35)/t20-,27-/m1/s1. The number of carbonyl (C=O) groups excluding carboxylic acids is 3. The zero-order chi connectivity index (χ0) is 27.0. The Balaban J connectivity index is 1.43. The number of benzene rings is 2. The predicted molar refractivity (Wildman–Crippen MR) is 139 cm³/mol. The van der Waals surface area contributed by atoms with Crippen molar-refractivity contribution in [2.75, 3.05) is 20.8 Å². The molecule has 1 N–H and O–H groups in total. The fourth-order valence-electron chi connectivity index (χ4n) is 4.68. The van der Waals surface area contributed by atoms with Gasteiger partial charge in [-0.3, -0.25) is 14.5 Å². The maximum Gasteiger partial charge on any atom is 0.325 e. The third-order valence-corrected chi connectivity index (χ3v) is 7.67. The van der Waals surface area contributed by atoms with Crippen LogP contribution >= 0.6 is 11.3 Å². The van der Waals surface area contributed by atoms with E-state index in [-0.39, 0.29) is 0 Å². The molecule has 0 radical (unpaired) electrons. The lowest BCUT2D eigenvalue weighted by molar-refractivity contribution is -0.140. The monoisotopic (exact) mass is 536 g/mol. The third-order valence-electron chi connectivity index (χ3n) is 6.75. The SMILES string of the molecule is COc1ccc([C@H]2CC(c3cccs3)=NN2C(=O)CN2C(=O)N[C@](C)(c3ccc(F)cc3)C2=O)cc1OC. The van der Waals surface area contributed by atoms with Gasteiger partial charge in [-0.05, 0) is 53.8 Å². The van der Waals surface area contributed by atoms with Crippen molar-refractivity contribution in [1.82, 2.24) is 15.2 Å².